The lowest BCUT2D eigenvalue weighted by molar-refractivity contribution is 0.107. The number of nitrogens with zero attached hydrogens (tertiary/aromatic N) is 1. The smallest absolute Gasteiger partial charge is 0.126 e. The molecule has 0 aromatic heterocycles. The predicted molar refractivity (Wildman–Crippen MR) is 79.4 cm³/mol. The van der Waals surface area contributed by atoms with Gasteiger partial charge in [0.15, 0.2) is 0 Å². The van der Waals surface area contributed by atoms with E-state index in [1.165, 1.54) is 0 Å². The molecule has 20 heavy (non-hydrogen) atoms. The fourth-order valence-corrected chi connectivity index (χ4v) is 2.81. The molecule has 0 aliphatic carbocycles. The highest BCUT2D eigenvalue weighted by Gasteiger charge is 2.22. The molecule has 0 bridgehead atoms. The first-order valence-corrected chi connectivity index (χ1v) is 7.32. The third-order valence-corrected chi connectivity index (χ3v) is 4.24. The first-order valence-electron chi connectivity index (χ1n) is 7.32. The molecule has 0 radical (unpaired) electrons. The molecule has 0 amide bonds. The lowest BCUT2D eigenvalue weighted by Crippen LogP contribution is -2.28. The molecule has 112 valence electrons. The van der Waals surface area contributed by atoms with Crippen LogP contribution in [0.15, 0.2) is 18.2 Å². The predicted octanol–water partition coefficient (Wildman–Crippen LogP) is 2.51. The Balaban J connectivity index is 1.90. The molecule has 1 aliphatic rings. The number of aryl methyl sites for hydroxylation is 1. The maximum atomic E-state index is 13.7. The minimum atomic E-state index is -0.122. The molecule has 2 unspecified atom stereocenters. The fourth-order valence-electron chi connectivity index (χ4n) is 2.81. The van der Waals surface area contributed by atoms with Crippen LogP contribution in [-0.2, 0) is 4.74 Å². The molecule has 0 spiro atoms. The SMILES string of the molecule is CNC(CCN1CCC(OC)C1)c1ccc(C)c(F)c1. The summed E-state index contributed by atoms with van der Waals surface area (Å²) in [5, 5.41) is 3.29. The molecule has 3 nitrogen and oxygen atoms in total. The molecule has 1 aromatic carbocycles. The van der Waals surface area contributed by atoms with Gasteiger partial charge in [-0.1, -0.05) is 12.1 Å². The van der Waals surface area contributed by atoms with Gasteiger partial charge in [-0.25, -0.2) is 4.39 Å². The largest absolute Gasteiger partial charge is 0.380 e. The highest BCUT2D eigenvalue weighted by atomic mass is 19.1. The van der Waals surface area contributed by atoms with Crippen LogP contribution in [0, 0.1) is 12.7 Å². The zero-order valence-corrected chi connectivity index (χ0v) is 12.7. The first-order chi connectivity index (χ1) is 9.63. The topological polar surface area (TPSA) is 24.5 Å². The summed E-state index contributed by atoms with van der Waals surface area (Å²) >= 11 is 0. The summed E-state index contributed by atoms with van der Waals surface area (Å²) in [6.07, 6.45) is 2.47. The van der Waals surface area contributed by atoms with Crippen LogP contribution in [0.1, 0.15) is 30.0 Å². The van der Waals surface area contributed by atoms with Crippen molar-refractivity contribution < 1.29 is 9.13 Å². The normalized spacial score (nSPS) is 21.3. The Bertz CT molecular complexity index is 438. The van der Waals surface area contributed by atoms with Gasteiger partial charge < -0.3 is 15.0 Å². The van der Waals surface area contributed by atoms with Crippen LogP contribution in [0.4, 0.5) is 4.39 Å². The number of likely N-dealkylation sites (tertiary alicyclic amines) is 1. The standard InChI is InChI=1S/C16H25FN2O/c1-12-4-5-13(10-15(12)17)16(18-2)7-9-19-8-6-14(11-19)20-3/h4-5,10,14,16,18H,6-9,11H2,1-3H3. The van der Waals surface area contributed by atoms with Gasteiger partial charge in [-0.3, -0.25) is 0 Å². The minimum Gasteiger partial charge on any atom is -0.380 e. The maximum Gasteiger partial charge on any atom is 0.126 e. The van der Waals surface area contributed by atoms with E-state index >= 15 is 0 Å². The number of ether oxygens (including phenoxy) is 1. The number of hydrogen-bond acceptors (Lipinski definition) is 3. The van der Waals surface area contributed by atoms with Gasteiger partial charge in [0.05, 0.1) is 6.10 Å². The summed E-state index contributed by atoms with van der Waals surface area (Å²) in [5.74, 6) is -0.122. The van der Waals surface area contributed by atoms with E-state index in [1.54, 1.807) is 20.1 Å². The molecule has 1 fully saturated rings. The van der Waals surface area contributed by atoms with Crippen molar-refractivity contribution in [3.63, 3.8) is 0 Å². The van der Waals surface area contributed by atoms with Crippen molar-refractivity contribution in [2.75, 3.05) is 33.8 Å². The lowest BCUT2D eigenvalue weighted by Gasteiger charge is -2.21. The van der Waals surface area contributed by atoms with Crippen molar-refractivity contribution in [1.82, 2.24) is 10.2 Å². The Labute approximate surface area is 121 Å². The Morgan fingerprint density at radius 3 is 2.90 bits per heavy atom. The molecule has 2 rings (SSSR count). The van der Waals surface area contributed by atoms with Gasteiger partial charge in [-0.2, -0.15) is 0 Å². The van der Waals surface area contributed by atoms with Crippen LogP contribution >= 0.6 is 0 Å². The van der Waals surface area contributed by atoms with Crippen LogP contribution in [0.5, 0.6) is 0 Å². The first kappa shape index (κ1) is 15.4. The van der Waals surface area contributed by atoms with Crippen LogP contribution in [0.25, 0.3) is 0 Å². The molecule has 2 atom stereocenters. The van der Waals surface area contributed by atoms with E-state index in [0.29, 0.717) is 11.7 Å². The van der Waals surface area contributed by atoms with E-state index in [1.807, 2.05) is 19.2 Å². The second-order valence-electron chi connectivity index (χ2n) is 5.59. The fraction of sp³-hybridized carbons (Fsp3) is 0.625. The van der Waals surface area contributed by atoms with Gasteiger partial charge in [0.2, 0.25) is 0 Å². The van der Waals surface area contributed by atoms with Crippen molar-refractivity contribution in [3.8, 4) is 0 Å². The molecule has 1 aliphatic heterocycles. The summed E-state index contributed by atoms with van der Waals surface area (Å²) in [7, 11) is 3.71. The third-order valence-electron chi connectivity index (χ3n) is 4.24. The number of halogens is 1. The zero-order chi connectivity index (χ0) is 14.5. The van der Waals surface area contributed by atoms with Gasteiger partial charge in [0.1, 0.15) is 5.82 Å². The summed E-state index contributed by atoms with van der Waals surface area (Å²) < 4.78 is 19.0. The van der Waals surface area contributed by atoms with Crippen LogP contribution in [0.2, 0.25) is 0 Å². The Morgan fingerprint density at radius 1 is 1.50 bits per heavy atom. The van der Waals surface area contributed by atoms with Crippen LogP contribution in [0.3, 0.4) is 0 Å². The minimum absolute atomic E-state index is 0.122. The molecule has 1 heterocycles. The average molecular weight is 280 g/mol. The highest BCUT2D eigenvalue weighted by molar-refractivity contribution is 5.25. The van der Waals surface area contributed by atoms with Crippen molar-refractivity contribution in [1.29, 1.82) is 0 Å². The second kappa shape index (κ2) is 7.16. The van der Waals surface area contributed by atoms with Gasteiger partial charge in [-0.05, 0) is 44.0 Å². The number of methoxy groups -OCH3 is 1. The lowest BCUT2D eigenvalue weighted by atomic mass is 10.0. The molecule has 1 N–H and O–H groups in total. The Morgan fingerprint density at radius 2 is 2.30 bits per heavy atom. The number of hydrogen-bond donors (Lipinski definition) is 1. The van der Waals surface area contributed by atoms with E-state index in [4.69, 9.17) is 4.74 Å². The highest BCUT2D eigenvalue weighted by Crippen LogP contribution is 2.21. The van der Waals surface area contributed by atoms with Gasteiger partial charge in [0.25, 0.3) is 0 Å². The zero-order valence-electron chi connectivity index (χ0n) is 12.7. The maximum absolute atomic E-state index is 13.7. The second-order valence-corrected chi connectivity index (χ2v) is 5.59. The van der Waals surface area contributed by atoms with Crippen molar-refractivity contribution in [3.05, 3.63) is 35.1 Å². The van der Waals surface area contributed by atoms with E-state index in [-0.39, 0.29) is 11.9 Å². The summed E-state index contributed by atoms with van der Waals surface area (Å²) in [6, 6.07) is 5.72. The molecule has 1 aromatic rings. The van der Waals surface area contributed by atoms with E-state index in [9.17, 15) is 4.39 Å². The monoisotopic (exact) mass is 280 g/mol. The molecule has 0 saturated carbocycles. The van der Waals surface area contributed by atoms with Gasteiger partial charge in [-0.15, -0.1) is 0 Å². The number of benzene rings is 1. The van der Waals surface area contributed by atoms with Crippen LogP contribution < -0.4 is 5.32 Å². The van der Waals surface area contributed by atoms with Crippen LogP contribution in [-0.4, -0.2) is 44.8 Å². The van der Waals surface area contributed by atoms with Crippen molar-refractivity contribution in [2.45, 2.75) is 31.9 Å². The summed E-state index contributed by atoms with van der Waals surface area (Å²) in [5.41, 5.74) is 1.73. The quantitative estimate of drug-likeness (QED) is 0.866. The molecular weight excluding hydrogens is 255 g/mol. The van der Waals surface area contributed by atoms with E-state index in [2.05, 4.69) is 10.2 Å². The van der Waals surface area contributed by atoms with Gasteiger partial charge >= 0.3 is 0 Å². The number of rotatable bonds is 6. The van der Waals surface area contributed by atoms with Crippen molar-refractivity contribution in [2.24, 2.45) is 0 Å². The number of nitrogens with one attached hydrogen (secondary N) is 1. The molecular formula is C16H25FN2O. The molecule has 4 heteroatoms. The molecule has 1 saturated heterocycles. The van der Waals surface area contributed by atoms with Gasteiger partial charge in [0, 0.05) is 32.8 Å². The average Bonchev–Trinajstić information content (AvgIpc) is 2.91. The Hall–Kier alpha value is -0.970. The summed E-state index contributed by atoms with van der Waals surface area (Å²) in [6.45, 7) is 4.91. The third kappa shape index (κ3) is 3.78. The van der Waals surface area contributed by atoms with E-state index < -0.39 is 0 Å². The van der Waals surface area contributed by atoms with Crippen molar-refractivity contribution >= 4 is 0 Å². The van der Waals surface area contributed by atoms with E-state index in [0.717, 1.165) is 38.0 Å². The Kier molecular flexibility index (Phi) is 5.52. The summed E-state index contributed by atoms with van der Waals surface area (Å²) in [4.78, 5) is 2.42.